The van der Waals surface area contributed by atoms with E-state index >= 15 is 0 Å². The molecule has 1 unspecified atom stereocenters. The van der Waals surface area contributed by atoms with Crippen molar-refractivity contribution >= 4 is 11.8 Å². The van der Waals surface area contributed by atoms with Crippen LogP contribution in [0.1, 0.15) is 43.0 Å². The van der Waals surface area contributed by atoms with Crippen molar-refractivity contribution in [3.8, 4) is 11.4 Å². The summed E-state index contributed by atoms with van der Waals surface area (Å²) in [4.78, 5) is 34.9. The van der Waals surface area contributed by atoms with Gasteiger partial charge in [0.1, 0.15) is 0 Å². The summed E-state index contributed by atoms with van der Waals surface area (Å²) in [6, 6.07) is 9.84. The van der Waals surface area contributed by atoms with Crippen molar-refractivity contribution in [3.63, 3.8) is 0 Å². The molecule has 1 aliphatic carbocycles. The molecule has 1 N–H and O–H groups in total. The highest BCUT2D eigenvalue weighted by molar-refractivity contribution is 5.86. The van der Waals surface area contributed by atoms with Gasteiger partial charge >= 0.3 is 0 Å². The molecule has 2 amide bonds. The third-order valence-corrected chi connectivity index (χ3v) is 5.05. The first-order chi connectivity index (χ1) is 12.7. The molecular formula is C20H22N4O2. The molecule has 2 aliphatic rings. The Morgan fingerprint density at radius 1 is 1.19 bits per heavy atom. The number of hydrogen-bond donors (Lipinski definition) is 1. The van der Waals surface area contributed by atoms with Crippen molar-refractivity contribution in [1.82, 2.24) is 20.2 Å². The van der Waals surface area contributed by atoms with E-state index < -0.39 is 0 Å². The standard InChI is InChI=1S/C20H22N4O2/c25-18(13-24-11-5-10-19(24)26)22-16-8-4-9-17-15(16)12-21-20(23-17)14-6-2-1-3-7-14/h1-3,6-7,12,16H,4-5,8-11,13H2,(H,22,25). The highest BCUT2D eigenvalue weighted by Gasteiger charge is 2.27. The van der Waals surface area contributed by atoms with E-state index in [0.29, 0.717) is 13.0 Å². The van der Waals surface area contributed by atoms with Crippen molar-refractivity contribution in [3.05, 3.63) is 47.8 Å². The summed E-state index contributed by atoms with van der Waals surface area (Å²) < 4.78 is 0. The van der Waals surface area contributed by atoms with E-state index in [1.54, 1.807) is 4.90 Å². The maximum Gasteiger partial charge on any atom is 0.240 e. The van der Waals surface area contributed by atoms with Gasteiger partial charge in [-0.25, -0.2) is 9.97 Å². The normalized spacial score (nSPS) is 19.3. The first-order valence-electron chi connectivity index (χ1n) is 9.19. The predicted molar refractivity (Wildman–Crippen MR) is 97.1 cm³/mol. The highest BCUT2D eigenvalue weighted by atomic mass is 16.2. The lowest BCUT2D eigenvalue weighted by Gasteiger charge is -2.26. The van der Waals surface area contributed by atoms with Gasteiger partial charge in [-0.3, -0.25) is 9.59 Å². The summed E-state index contributed by atoms with van der Waals surface area (Å²) in [6.45, 7) is 0.824. The molecule has 1 aromatic carbocycles. The van der Waals surface area contributed by atoms with Crippen LogP contribution in [-0.2, 0) is 16.0 Å². The minimum Gasteiger partial charge on any atom is -0.348 e. The number of benzene rings is 1. The van der Waals surface area contributed by atoms with Gasteiger partial charge in [0.05, 0.1) is 12.6 Å². The highest BCUT2D eigenvalue weighted by Crippen LogP contribution is 2.29. The Labute approximate surface area is 152 Å². The number of aryl methyl sites for hydroxylation is 1. The second-order valence-corrected chi connectivity index (χ2v) is 6.89. The minimum absolute atomic E-state index is 0.0695. The number of nitrogens with zero attached hydrogens (tertiary/aromatic N) is 3. The van der Waals surface area contributed by atoms with Crippen LogP contribution in [0.5, 0.6) is 0 Å². The molecule has 2 heterocycles. The van der Waals surface area contributed by atoms with Crippen LogP contribution in [0.4, 0.5) is 0 Å². The SMILES string of the molecule is O=C(CN1CCCC1=O)NC1CCCc2nc(-c3ccccc3)ncc21. The van der Waals surface area contributed by atoms with Crippen LogP contribution in [0.2, 0.25) is 0 Å². The molecular weight excluding hydrogens is 328 g/mol. The minimum atomic E-state index is -0.106. The van der Waals surface area contributed by atoms with Gasteiger partial charge in [-0.2, -0.15) is 0 Å². The van der Waals surface area contributed by atoms with Crippen LogP contribution < -0.4 is 5.32 Å². The van der Waals surface area contributed by atoms with Gasteiger partial charge in [0, 0.05) is 36.0 Å². The number of rotatable bonds is 4. The number of carbonyl (C=O) groups excluding carboxylic acids is 2. The fourth-order valence-corrected chi connectivity index (χ4v) is 3.71. The molecule has 0 saturated carbocycles. The third kappa shape index (κ3) is 3.45. The van der Waals surface area contributed by atoms with Crippen LogP contribution in [0, 0.1) is 0 Å². The maximum absolute atomic E-state index is 12.4. The van der Waals surface area contributed by atoms with E-state index in [2.05, 4.69) is 10.3 Å². The summed E-state index contributed by atoms with van der Waals surface area (Å²) in [6.07, 6.45) is 5.99. The molecule has 6 nitrogen and oxygen atoms in total. The number of amides is 2. The van der Waals surface area contributed by atoms with Gasteiger partial charge in [0.15, 0.2) is 5.82 Å². The zero-order valence-electron chi connectivity index (χ0n) is 14.6. The molecule has 134 valence electrons. The Hall–Kier alpha value is -2.76. The zero-order chi connectivity index (χ0) is 17.9. The Morgan fingerprint density at radius 3 is 2.81 bits per heavy atom. The molecule has 4 rings (SSSR count). The van der Waals surface area contributed by atoms with Gasteiger partial charge < -0.3 is 10.2 Å². The van der Waals surface area contributed by atoms with E-state index in [-0.39, 0.29) is 24.4 Å². The molecule has 1 aliphatic heterocycles. The van der Waals surface area contributed by atoms with E-state index in [9.17, 15) is 9.59 Å². The van der Waals surface area contributed by atoms with Crippen LogP contribution in [0.25, 0.3) is 11.4 Å². The Kier molecular flexibility index (Phi) is 4.65. The van der Waals surface area contributed by atoms with Gasteiger partial charge in [0.25, 0.3) is 0 Å². The smallest absolute Gasteiger partial charge is 0.240 e. The van der Waals surface area contributed by atoms with Crippen LogP contribution in [-0.4, -0.2) is 39.8 Å². The molecule has 1 atom stereocenters. The van der Waals surface area contributed by atoms with Crippen molar-refractivity contribution in [2.45, 2.75) is 38.1 Å². The lowest BCUT2D eigenvalue weighted by atomic mass is 9.92. The van der Waals surface area contributed by atoms with Gasteiger partial charge in [-0.05, 0) is 25.7 Å². The average Bonchev–Trinajstić information content (AvgIpc) is 3.07. The second-order valence-electron chi connectivity index (χ2n) is 6.89. The van der Waals surface area contributed by atoms with E-state index in [1.165, 1.54) is 0 Å². The summed E-state index contributed by atoms with van der Waals surface area (Å²) in [5.41, 5.74) is 3.00. The number of carbonyl (C=O) groups is 2. The fraction of sp³-hybridized carbons (Fsp3) is 0.400. The average molecular weight is 350 g/mol. The van der Waals surface area contributed by atoms with Crippen molar-refractivity contribution in [1.29, 1.82) is 0 Å². The zero-order valence-corrected chi connectivity index (χ0v) is 14.6. The summed E-state index contributed by atoms with van der Waals surface area (Å²) in [7, 11) is 0. The van der Waals surface area contributed by atoms with Gasteiger partial charge in [-0.1, -0.05) is 30.3 Å². The summed E-state index contributed by atoms with van der Waals surface area (Å²) in [5, 5.41) is 3.07. The largest absolute Gasteiger partial charge is 0.348 e. The second kappa shape index (κ2) is 7.23. The van der Waals surface area contributed by atoms with Gasteiger partial charge in [0.2, 0.25) is 11.8 Å². The maximum atomic E-state index is 12.4. The summed E-state index contributed by atoms with van der Waals surface area (Å²) in [5.74, 6) is 0.684. The Bertz CT molecular complexity index is 822. The predicted octanol–water partition coefficient (Wildman–Crippen LogP) is 2.26. The van der Waals surface area contributed by atoms with Crippen LogP contribution in [0.3, 0.4) is 0 Å². The molecule has 0 radical (unpaired) electrons. The first kappa shape index (κ1) is 16.7. The van der Waals surface area contributed by atoms with Crippen molar-refractivity contribution in [2.75, 3.05) is 13.1 Å². The molecule has 1 fully saturated rings. The molecule has 0 bridgehead atoms. The Morgan fingerprint density at radius 2 is 2.04 bits per heavy atom. The third-order valence-electron chi connectivity index (χ3n) is 5.05. The summed E-state index contributed by atoms with van der Waals surface area (Å²) >= 11 is 0. The number of aromatic nitrogens is 2. The fourth-order valence-electron chi connectivity index (χ4n) is 3.71. The van der Waals surface area contributed by atoms with Crippen LogP contribution >= 0.6 is 0 Å². The molecule has 0 spiro atoms. The lowest BCUT2D eigenvalue weighted by molar-refractivity contribution is -0.133. The van der Waals surface area contributed by atoms with Gasteiger partial charge in [-0.15, -0.1) is 0 Å². The monoisotopic (exact) mass is 350 g/mol. The van der Waals surface area contributed by atoms with E-state index in [1.807, 2.05) is 36.5 Å². The molecule has 1 saturated heterocycles. The van der Waals surface area contributed by atoms with E-state index in [4.69, 9.17) is 4.98 Å². The number of likely N-dealkylation sites (tertiary alicyclic amines) is 1. The van der Waals surface area contributed by atoms with Crippen LogP contribution in [0.15, 0.2) is 36.5 Å². The number of nitrogens with one attached hydrogen (secondary N) is 1. The topological polar surface area (TPSA) is 75.2 Å². The first-order valence-corrected chi connectivity index (χ1v) is 9.19. The Balaban J connectivity index is 1.48. The number of fused-ring (bicyclic) bond motifs is 1. The quantitative estimate of drug-likeness (QED) is 0.918. The molecule has 1 aromatic heterocycles. The molecule has 2 aromatic rings. The lowest BCUT2D eigenvalue weighted by Crippen LogP contribution is -2.40. The van der Waals surface area contributed by atoms with Crippen molar-refractivity contribution < 1.29 is 9.59 Å². The van der Waals surface area contributed by atoms with E-state index in [0.717, 1.165) is 48.3 Å². The molecule has 6 heteroatoms. The van der Waals surface area contributed by atoms with Crippen molar-refractivity contribution in [2.24, 2.45) is 0 Å². The molecule has 26 heavy (non-hydrogen) atoms. The number of hydrogen-bond acceptors (Lipinski definition) is 4.